The Morgan fingerprint density at radius 1 is 1.52 bits per heavy atom. The number of carboxylic acid groups (broad SMARTS) is 1. The molecule has 3 rings (SSSR count). The van der Waals surface area contributed by atoms with E-state index in [-0.39, 0.29) is 28.8 Å². The molecule has 2 atom stereocenters. The number of hydrogen-bond donors (Lipinski definition) is 3. The van der Waals surface area contributed by atoms with Gasteiger partial charge in [-0.2, -0.15) is 0 Å². The van der Waals surface area contributed by atoms with Crippen molar-refractivity contribution in [1.29, 1.82) is 0 Å². The van der Waals surface area contributed by atoms with E-state index < -0.39 is 29.2 Å². The molecule has 29 heavy (non-hydrogen) atoms. The van der Waals surface area contributed by atoms with E-state index in [9.17, 15) is 19.5 Å². The maximum atomic E-state index is 12.7. The number of nitrogen functional groups attached to an aromatic ring is 1. The Kier molecular flexibility index (Phi) is 6.39. The van der Waals surface area contributed by atoms with Gasteiger partial charge in [-0.25, -0.2) is 9.78 Å². The number of carbonyl (C=O) groups is 3. The van der Waals surface area contributed by atoms with Gasteiger partial charge in [-0.15, -0.1) is 23.1 Å². The normalized spacial score (nSPS) is 21.5. The molecule has 0 aliphatic carbocycles. The zero-order valence-corrected chi connectivity index (χ0v) is 17.2. The van der Waals surface area contributed by atoms with Crippen molar-refractivity contribution < 1.29 is 29.1 Å². The number of carboxylic acids is 1. The number of amides is 2. The Hall–Kier alpha value is -2.64. The van der Waals surface area contributed by atoms with Crippen molar-refractivity contribution in [3.8, 4) is 0 Å². The van der Waals surface area contributed by atoms with Gasteiger partial charge in [0.1, 0.15) is 29.9 Å². The van der Waals surface area contributed by atoms with Crippen molar-refractivity contribution in [2.24, 2.45) is 5.16 Å². The van der Waals surface area contributed by atoms with Crippen LogP contribution in [0.3, 0.4) is 0 Å². The summed E-state index contributed by atoms with van der Waals surface area (Å²) in [5.74, 6) is -2.01. The van der Waals surface area contributed by atoms with Crippen LogP contribution in [0.4, 0.5) is 5.13 Å². The Labute approximate surface area is 173 Å². The maximum absolute atomic E-state index is 12.7. The summed E-state index contributed by atoms with van der Waals surface area (Å²) in [6.07, 6.45) is 0. The second-order valence-electron chi connectivity index (χ2n) is 5.95. The lowest BCUT2D eigenvalue weighted by atomic mass is 10.0. The predicted molar refractivity (Wildman–Crippen MR) is 106 cm³/mol. The lowest BCUT2D eigenvalue weighted by Crippen LogP contribution is -2.71. The van der Waals surface area contributed by atoms with Crippen LogP contribution in [0.25, 0.3) is 0 Å². The standard InChI is InChI=1S/C16H19N5O6S2/c1-3-27-4-7-5-28-14-10(13(23)21(14)11(7)15(24)25)19-12(22)9(20-26-2)8-6-29-16(17)18-8/h6,10,14H,3-5H2,1-2H3,(H2,17,18)(H,19,22)(H,24,25)/t10?,14-/m1/s1. The Balaban J connectivity index is 1.77. The van der Waals surface area contributed by atoms with Crippen LogP contribution in [0.5, 0.6) is 0 Å². The lowest BCUT2D eigenvalue weighted by Gasteiger charge is -2.49. The molecule has 11 nitrogen and oxygen atoms in total. The third kappa shape index (κ3) is 4.06. The first-order chi connectivity index (χ1) is 13.9. The SMILES string of the molecule is CCOCC1=C(C(=O)O)N2C(=O)C(NC(=O)C(=NOC)c3csc(N)n3)[C@H]2SC1. The number of anilines is 1. The monoisotopic (exact) mass is 441 g/mol. The van der Waals surface area contributed by atoms with Gasteiger partial charge in [-0.1, -0.05) is 5.16 Å². The van der Waals surface area contributed by atoms with Crippen LogP contribution in [-0.4, -0.2) is 76.0 Å². The van der Waals surface area contributed by atoms with Crippen molar-refractivity contribution in [3.05, 3.63) is 22.3 Å². The zero-order valence-electron chi connectivity index (χ0n) is 15.6. The molecule has 1 saturated heterocycles. The van der Waals surface area contributed by atoms with Crippen molar-refractivity contribution in [2.75, 3.05) is 31.8 Å². The van der Waals surface area contributed by atoms with Gasteiger partial charge in [0, 0.05) is 17.7 Å². The van der Waals surface area contributed by atoms with Crippen molar-refractivity contribution in [3.63, 3.8) is 0 Å². The van der Waals surface area contributed by atoms with Crippen LogP contribution in [-0.2, 0) is 24.0 Å². The highest BCUT2D eigenvalue weighted by molar-refractivity contribution is 8.00. The largest absolute Gasteiger partial charge is 0.477 e. The van der Waals surface area contributed by atoms with E-state index in [0.29, 0.717) is 17.9 Å². The van der Waals surface area contributed by atoms with Gasteiger partial charge in [0.2, 0.25) is 0 Å². The first kappa shape index (κ1) is 21.1. The molecule has 3 heterocycles. The number of nitrogens with two attached hydrogens (primary N) is 1. The molecule has 2 amide bonds. The van der Waals surface area contributed by atoms with E-state index >= 15 is 0 Å². The molecule has 0 spiro atoms. The summed E-state index contributed by atoms with van der Waals surface area (Å²) >= 11 is 2.49. The van der Waals surface area contributed by atoms with E-state index in [1.165, 1.54) is 23.8 Å². The summed E-state index contributed by atoms with van der Waals surface area (Å²) in [6.45, 7) is 2.36. The molecule has 156 valence electrons. The summed E-state index contributed by atoms with van der Waals surface area (Å²) in [4.78, 5) is 46.9. The van der Waals surface area contributed by atoms with Crippen LogP contribution in [0.2, 0.25) is 0 Å². The van der Waals surface area contributed by atoms with Crippen LogP contribution in [0.1, 0.15) is 12.6 Å². The Bertz CT molecular complexity index is 898. The lowest BCUT2D eigenvalue weighted by molar-refractivity contribution is -0.150. The molecule has 1 aromatic rings. The summed E-state index contributed by atoms with van der Waals surface area (Å²) in [7, 11) is 1.28. The highest BCUT2D eigenvalue weighted by Crippen LogP contribution is 2.40. The molecule has 0 bridgehead atoms. The number of hydrogen-bond acceptors (Lipinski definition) is 10. The fourth-order valence-corrected chi connectivity index (χ4v) is 4.80. The van der Waals surface area contributed by atoms with Gasteiger partial charge < -0.3 is 25.7 Å². The second kappa shape index (κ2) is 8.80. The third-order valence-corrected chi connectivity index (χ3v) is 6.19. The predicted octanol–water partition coefficient (Wildman–Crippen LogP) is -0.149. The van der Waals surface area contributed by atoms with Gasteiger partial charge in [-0.3, -0.25) is 14.5 Å². The molecule has 1 fully saturated rings. The zero-order chi connectivity index (χ0) is 21.1. The number of nitrogens with one attached hydrogen (secondary N) is 1. The highest BCUT2D eigenvalue weighted by atomic mass is 32.2. The molecule has 0 aromatic carbocycles. The number of thioether (sulfide) groups is 1. The molecular weight excluding hydrogens is 422 g/mol. The average molecular weight is 441 g/mol. The fraction of sp³-hybridized carbons (Fsp3) is 0.438. The van der Waals surface area contributed by atoms with Crippen LogP contribution in [0, 0.1) is 0 Å². The second-order valence-corrected chi connectivity index (χ2v) is 7.94. The topological polar surface area (TPSA) is 156 Å². The van der Waals surface area contributed by atoms with Crippen LogP contribution in [0.15, 0.2) is 21.8 Å². The van der Waals surface area contributed by atoms with Crippen LogP contribution < -0.4 is 11.1 Å². The average Bonchev–Trinajstić information content (AvgIpc) is 3.13. The molecule has 2 aliphatic rings. The molecular formula is C16H19N5O6S2. The van der Waals surface area contributed by atoms with Crippen molar-refractivity contribution in [2.45, 2.75) is 18.3 Å². The third-order valence-electron chi connectivity index (χ3n) is 4.18. The first-order valence-corrected chi connectivity index (χ1v) is 10.4. The van der Waals surface area contributed by atoms with Crippen molar-refractivity contribution in [1.82, 2.24) is 15.2 Å². The molecule has 1 aromatic heterocycles. The molecule has 4 N–H and O–H groups in total. The van der Waals surface area contributed by atoms with Gasteiger partial charge in [0.05, 0.1) is 6.61 Å². The van der Waals surface area contributed by atoms with E-state index in [1.807, 2.05) is 0 Å². The molecule has 13 heteroatoms. The number of aromatic nitrogens is 1. The molecule has 0 radical (unpaired) electrons. The summed E-state index contributed by atoms with van der Waals surface area (Å²) in [6, 6.07) is -0.895. The minimum Gasteiger partial charge on any atom is -0.477 e. The summed E-state index contributed by atoms with van der Waals surface area (Å²) in [5, 5.41) is 17.1. The van der Waals surface area contributed by atoms with Gasteiger partial charge in [0.25, 0.3) is 11.8 Å². The summed E-state index contributed by atoms with van der Waals surface area (Å²) in [5.41, 5.74) is 6.13. The number of fused-ring (bicyclic) bond motifs is 1. The van der Waals surface area contributed by atoms with Gasteiger partial charge in [-0.05, 0) is 12.5 Å². The summed E-state index contributed by atoms with van der Waals surface area (Å²) < 4.78 is 5.31. The number of oxime groups is 1. The van der Waals surface area contributed by atoms with E-state index in [0.717, 1.165) is 11.3 Å². The van der Waals surface area contributed by atoms with E-state index in [1.54, 1.807) is 12.3 Å². The van der Waals surface area contributed by atoms with E-state index in [2.05, 4.69) is 15.5 Å². The number of ether oxygens (including phenoxy) is 1. The van der Waals surface area contributed by atoms with Gasteiger partial charge in [0.15, 0.2) is 10.8 Å². The number of thiazole rings is 1. The number of nitrogens with zero attached hydrogens (tertiary/aromatic N) is 3. The molecule has 1 unspecified atom stereocenters. The number of β-lactam (4-membered cyclic amide) rings is 1. The molecule has 2 aliphatic heterocycles. The van der Waals surface area contributed by atoms with Crippen molar-refractivity contribution >= 4 is 51.7 Å². The quantitative estimate of drug-likeness (QED) is 0.283. The van der Waals surface area contributed by atoms with E-state index in [4.69, 9.17) is 15.3 Å². The fourth-order valence-electron chi connectivity index (χ4n) is 2.92. The first-order valence-electron chi connectivity index (χ1n) is 8.50. The Morgan fingerprint density at radius 2 is 2.28 bits per heavy atom. The smallest absolute Gasteiger partial charge is 0.352 e. The molecule has 0 saturated carbocycles. The minimum atomic E-state index is -1.21. The van der Waals surface area contributed by atoms with Gasteiger partial charge >= 0.3 is 5.97 Å². The maximum Gasteiger partial charge on any atom is 0.352 e. The number of carbonyl (C=O) groups excluding carboxylic acids is 2. The number of rotatable bonds is 8. The van der Waals surface area contributed by atoms with Crippen LogP contribution >= 0.6 is 23.1 Å². The minimum absolute atomic E-state index is 0.0873. The highest BCUT2D eigenvalue weighted by Gasteiger charge is 2.54. The number of aliphatic carboxylic acids is 1. The Morgan fingerprint density at radius 3 is 2.86 bits per heavy atom.